The molecule has 0 aliphatic carbocycles. The lowest BCUT2D eigenvalue weighted by Gasteiger charge is -2.11. The fourth-order valence-electron chi connectivity index (χ4n) is 2.10. The third-order valence-corrected chi connectivity index (χ3v) is 3.25. The number of hydrogen-bond acceptors (Lipinski definition) is 4. The predicted octanol–water partition coefficient (Wildman–Crippen LogP) is 2.61. The van der Waals surface area contributed by atoms with Crippen LogP contribution in [0.4, 0.5) is 0 Å². The highest BCUT2D eigenvalue weighted by Crippen LogP contribution is 2.19. The summed E-state index contributed by atoms with van der Waals surface area (Å²) in [6.45, 7) is 3.80. The molecule has 4 heteroatoms. The Kier molecular flexibility index (Phi) is 4.32. The van der Waals surface area contributed by atoms with Crippen molar-refractivity contribution >= 4 is 11.8 Å². The minimum Gasteiger partial charge on any atom is -0.459 e. The highest BCUT2D eigenvalue weighted by molar-refractivity contribution is 5.96. The average molecular weight is 262 g/mol. The minimum absolute atomic E-state index is 0.00967. The zero-order valence-electron chi connectivity index (χ0n) is 11.2. The lowest BCUT2D eigenvalue weighted by molar-refractivity contribution is -0.00266. The first-order valence-corrected chi connectivity index (χ1v) is 6.50. The Hall–Kier alpha value is -1.68. The number of hydrogen-bond donors (Lipinski definition) is 0. The van der Waals surface area contributed by atoms with Crippen molar-refractivity contribution in [3.8, 4) is 0 Å². The van der Waals surface area contributed by atoms with Gasteiger partial charge in [0, 0.05) is 5.56 Å². The summed E-state index contributed by atoms with van der Waals surface area (Å²) in [7, 11) is 0. The second-order valence-electron chi connectivity index (χ2n) is 4.88. The van der Waals surface area contributed by atoms with E-state index in [2.05, 4.69) is 0 Å². The van der Waals surface area contributed by atoms with E-state index in [4.69, 9.17) is 9.47 Å². The summed E-state index contributed by atoms with van der Waals surface area (Å²) in [5.41, 5.74) is 1.04. The van der Waals surface area contributed by atoms with Crippen LogP contribution in [0.1, 0.15) is 47.4 Å². The minimum atomic E-state index is -0.377. The van der Waals surface area contributed by atoms with Gasteiger partial charge in [0.15, 0.2) is 5.78 Å². The molecule has 1 aromatic rings. The Morgan fingerprint density at radius 1 is 1.21 bits per heavy atom. The molecule has 1 heterocycles. The molecule has 0 bridgehead atoms. The van der Waals surface area contributed by atoms with Crippen LogP contribution in [-0.2, 0) is 9.47 Å². The van der Waals surface area contributed by atoms with Gasteiger partial charge in [-0.1, -0.05) is 12.1 Å². The molecule has 0 N–H and O–H groups in total. The second-order valence-corrected chi connectivity index (χ2v) is 4.88. The Balaban J connectivity index is 1.87. The molecule has 0 amide bonds. The molecule has 0 aromatic heterocycles. The van der Waals surface area contributed by atoms with E-state index in [0.717, 1.165) is 12.8 Å². The fraction of sp³-hybridized carbons (Fsp3) is 0.467. The number of carbonyl (C=O) groups is 2. The molecule has 1 saturated heterocycles. The maximum atomic E-state index is 11.8. The van der Waals surface area contributed by atoms with E-state index in [9.17, 15) is 9.59 Å². The van der Waals surface area contributed by atoms with Crippen LogP contribution in [0, 0.1) is 0 Å². The SMILES string of the molecule is CC(=O)c1ccc(C(=O)OC[C@H]2CC[C@@H](C)O2)cc1. The van der Waals surface area contributed by atoms with Gasteiger partial charge in [0.2, 0.25) is 0 Å². The summed E-state index contributed by atoms with van der Waals surface area (Å²) >= 11 is 0. The van der Waals surface area contributed by atoms with Gasteiger partial charge in [-0.15, -0.1) is 0 Å². The molecule has 4 nitrogen and oxygen atoms in total. The van der Waals surface area contributed by atoms with Crippen LogP contribution in [0.3, 0.4) is 0 Å². The monoisotopic (exact) mass is 262 g/mol. The summed E-state index contributed by atoms with van der Waals surface area (Å²) in [4.78, 5) is 22.9. The Morgan fingerprint density at radius 2 is 1.84 bits per heavy atom. The average Bonchev–Trinajstić information content (AvgIpc) is 2.82. The number of ketones is 1. The molecule has 2 atom stereocenters. The van der Waals surface area contributed by atoms with E-state index in [1.54, 1.807) is 24.3 Å². The van der Waals surface area contributed by atoms with E-state index in [1.807, 2.05) is 6.92 Å². The first-order valence-electron chi connectivity index (χ1n) is 6.50. The molecule has 0 saturated carbocycles. The van der Waals surface area contributed by atoms with Gasteiger partial charge in [-0.25, -0.2) is 4.79 Å². The van der Waals surface area contributed by atoms with Gasteiger partial charge >= 0.3 is 5.97 Å². The van der Waals surface area contributed by atoms with Crippen molar-refractivity contribution < 1.29 is 19.1 Å². The zero-order valence-corrected chi connectivity index (χ0v) is 11.2. The first-order chi connectivity index (χ1) is 9.06. The summed E-state index contributed by atoms with van der Waals surface area (Å²) in [6.07, 6.45) is 2.20. The van der Waals surface area contributed by atoms with Crippen molar-refractivity contribution in [2.45, 2.75) is 38.9 Å². The van der Waals surface area contributed by atoms with E-state index in [0.29, 0.717) is 11.1 Å². The fourth-order valence-corrected chi connectivity index (χ4v) is 2.10. The highest BCUT2D eigenvalue weighted by atomic mass is 16.6. The first kappa shape index (κ1) is 13.7. The normalized spacial score (nSPS) is 22.2. The van der Waals surface area contributed by atoms with Gasteiger partial charge in [-0.2, -0.15) is 0 Å². The van der Waals surface area contributed by atoms with Crippen molar-refractivity contribution in [2.24, 2.45) is 0 Å². The van der Waals surface area contributed by atoms with Crippen LogP contribution in [0.25, 0.3) is 0 Å². The van der Waals surface area contributed by atoms with Crippen molar-refractivity contribution in [3.63, 3.8) is 0 Å². The number of ether oxygens (including phenoxy) is 2. The highest BCUT2D eigenvalue weighted by Gasteiger charge is 2.23. The Morgan fingerprint density at radius 3 is 2.37 bits per heavy atom. The van der Waals surface area contributed by atoms with Crippen molar-refractivity contribution in [1.29, 1.82) is 0 Å². The molecular weight excluding hydrogens is 244 g/mol. The molecule has 1 aromatic carbocycles. The number of rotatable bonds is 4. The molecule has 1 fully saturated rings. The molecule has 1 aliphatic heterocycles. The Labute approximate surface area is 112 Å². The summed E-state index contributed by atoms with van der Waals surface area (Å²) < 4.78 is 10.8. The molecule has 102 valence electrons. The molecule has 1 aliphatic rings. The van der Waals surface area contributed by atoms with Gasteiger partial charge in [0.1, 0.15) is 6.61 Å². The zero-order chi connectivity index (χ0) is 13.8. The van der Waals surface area contributed by atoms with E-state index < -0.39 is 0 Å². The quantitative estimate of drug-likeness (QED) is 0.618. The van der Waals surface area contributed by atoms with Gasteiger partial charge in [-0.3, -0.25) is 4.79 Å². The third-order valence-electron chi connectivity index (χ3n) is 3.25. The summed E-state index contributed by atoms with van der Waals surface area (Å²) in [5.74, 6) is -0.397. The van der Waals surface area contributed by atoms with E-state index in [-0.39, 0.29) is 30.6 Å². The van der Waals surface area contributed by atoms with Gasteiger partial charge in [0.25, 0.3) is 0 Å². The van der Waals surface area contributed by atoms with Gasteiger partial charge < -0.3 is 9.47 Å². The lowest BCUT2D eigenvalue weighted by Crippen LogP contribution is -2.19. The maximum absolute atomic E-state index is 11.8. The number of benzene rings is 1. The Bertz CT molecular complexity index is 464. The predicted molar refractivity (Wildman–Crippen MR) is 70.3 cm³/mol. The maximum Gasteiger partial charge on any atom is 0.338 e. The third kappa shape index (κ3) is 3.64. The van der Waals surface area contributed by atoms with Crippen LogP contribution < -0.4 is 0 Å². The van der Waals surface area contributed by atoms with Crippen LogP contribution in [0.5, 0.6) is 0 Å². The standard InChI is InChI=1S/C15H18O4/c1-10-3-8-14(19-10)9-18-15(17)13-6-4-12(5-7-13)11(2)16/h4-7,10,14H,3,8-9H2,1-2H3/t10-,14-/m1/s1. The summed E-state index contributed by atoms with van der Waals surface area (Å²) in [5, 5.41) is 0. The molecule has 19 heavy (non-hydrogen) atoms. The second kappa shape index (κ2) is 5.97. The smallest absolute Gasteiger partial charge is 0.338 e. The van der Waals surface area contributed by atoms with Gasteiger partial charge in [0.05, 0.1) is 17.8 Å². The van der Waals surface area contributed by atoms with E-state index >= 15 is 0 Å². The van der Waals surface area contributed by atoms with Crippen LogP contribution in [-0.4, -0.2) is 30.6 Å². The van der Waals surface area contributed by atoms with Crippen molar-refractivity contribution in [3.05, 3.63) is 35.4 Å². The van der Waals surface area contributed by atoms with Crippen LogP contribution >= 0.6 is 0 Å². The molecule has 0 unspecified atom stereocenters. The number of esters is 1. The molecule has 0 spiro atoms. The van der Waals surface area contributed by atoms with Crippen molar-refractivity contribution in [2.75, 3.05) is 6.61 Å². The molecule has 2 rings (SSSR count). The molecule has 0 radical (unpaired) electrons. The number of Topliss-reactive ketones (excluding diaryl/α,β-unsaturated/α-hetero) is 1. The van der Waals surface area contributed by atoms with E-state index in [1.165, 1.54) is 6.92 Å². The van der Waals surface area contributed by atoms with Gasteiger partial charge in [-0.05, 0) is 38.8 Å². The van der Waals surface area contributed by atoms with Crippen LogP contribution in [0.2, 0.25) is 0 Å². The molecular formula is C15H18O4. The number of carbonyl (C=O) groups excluding carboxylic acids is 2. The topological polar surface area (TPSA) is 52.6 Å². The lowest BCUT2D eigenvalue weighted by atomic mass is 10.1. The van der Waals surface area contributed by atoms with Crippen molar-refractivity contribution in [1.82, 2.24) is 0 Å². The largest absolute Gasteiger partial charge is 0.459 e. The van der Waals surface area contributed by atoms with Crippen LogP contribution in [0.15, 0.2) is 24.3 Å². The summed E-state index contributed by atoms with van der Waals surface area (Å²) in [6, 6.07) is 6.48.